The van der Waals surface area contributed by atoms with Crippen LogP contribution in [0.4, 0.5) is 0 Å². The number of imidazole rings is 1. The van der Waals surface area contributed by atoms with Crippen LogP contribution in [-0.2, 0) is 11.3 Å². The summed E-state index contributed by atoms with van der Waals surface area (Å²) in [6.07, 6.45) is 5.70. The van der Waals surface area contributed by atoms with Crippen LogP contribution in [0.25, 0.3) is 5.65 Å². The van der Waals surface area contributed by atoms with Gasteiger partial charge in [0.2, 0.25) is 0 Å². The molecule has 1 fully saturated rings. The van der Waals surface area contributed by atoms with Crippen molar-refractivity contribution in [3.8, 4) is 0 Å². The molecule has 0 amide bonds. The van der Waals surface area contributed by atoms with Crippen molar-refractivity contribution in [2.45, 2.75) is 32.4 Å². The molecule has 0 aliphatic carbocycles. The number of aliphatic carboxylic acids is 1. The van der Waals surface area contributed by atoms with E-state index in [0.717, 1.165) is 30.7 Å². The molecular weight excluding hydrogens is 242 g/mol. The Hall–Kier alpha value is -1.88. The minimum absolute atomic E-state index is 0.355. The number of pyridine rings is 1. The Morgan fingerprint density at radius 1 is 1.47 bits per heavy atom. The number of likely N-dealkylation sites (tertiary alicyclic amines) is 1. The molecule has 2 aromatic rings. The average molecular weight is 259 g/mol. The molecule has 0 saturated carbocycles. The SMILES string of the molecule is Cc1ccc2nc(CN3CCC[C@H]3C(=O)O)cn2c1. The van der Waals surface area contributed by atoms with Crippen molar-refractivity contribution >= 4 is 11.6 Å². The van der Waals surface area contributed by atoms with Gasteiger partial charge in [-0.25, -0.2) is 4.98 Å². The van der Waals surface area contributed by atoms with Gasteiger partial charge in [-0.2, -0.15) is 0 Å². The van der Waals surface area contributed by atoms with Crippen LogP contribution < -0.4 is 0 Å². The fourth-order valence-corrected chi connectivity index (χ4v) is 2.73. The second-order valence-electron chi connectivity index (χ2n) is 5.17. The van der Waals surface area contributed by atoms with Gasteiger partial charge in [-0.15, -0.1) is 0 Å². The van der Waals surface area contributed by atoms with E-state index < -0.39 is 5.97 Å². The summed E-state index contributed by atoms with van der Waals surface area (Å²) in [5, 5.41) is 9.17. The molecule has 0 spiro atoms. The van der Waals surface area contributed by atoms with Crippen LogP contribution in [0.3, 0.4) is 0 Å². The summed E-state index contributed by atoms with van der Waals surface area (Å²) in [5.41, 5.74) is 3.02. The summed E-state index contributed by atoms with van der Waals surface area (Å²) in [7, 11) is 0. The molecule has 2 aromatic heterocycles. The molecule has 3 heterocycles. The summed E-state index contributed by atoms with van der Waals surface area (Å²) in [6.45, 7) is 3.49. The van der Waals surface area contributed by atoms with Crippen molar-refractivity contribution in [2.75, 3.05) is 6.54 Å². The first-order chi connectivity index (χ1) is 9.13. The lowest BCUT2D eigenvalue weighted by atomic mass is 10.2. The van der Waals surface area contributed by atoms with Crippen molar-refractivity contribution in [1.82, 2.24) is 14.3 Å². The molecule has 0 radical (unpaired) electrons. The molecule has 100 valence electrons. The second-order valence-corrected chi connectivity index (χ2v) is 5.17. The van der Waals surface area contributed by atoms with Crippen LogP contribution in [0.2, 0.25) is 0 Å². The standard InChI is InChI=1S/C14H17N3O2/c1-10-4-5-13-15-11(9-17(13)7-10)8-16-6-2-3-12(16)14(18)19/h4-5,7,9,12H,2-3,6,8H2,1H3,(H,18,19)/t12-/m0/s1. The first-order valence-corrected chi connectivity index (χ1v) is 6.54. The van der Waals surface area contributed by atoms with Gasteiger partial charge in [0.05, 0.1) is 5.69 Å². The van der Waals surface area contributed by atoms with Crippen LogP contribution in [0.15, 0.2) is 24.5 Å². The van der Waals surface area contributed by atoms with E-state index in [9.17, 15) is 9.90 Å². The van der Waals surface area contributed by atoms with E-state index in [1.54, 1.807) is 0 Å². The molecule has 5 heteroatoms. The monoisotopic (exact) mass is 259 g/mol. The number of aryl methyl sites for hydroxylation is 1. The van der Waals surface area contributed by atoms with E-state index in [-0.39, 0.29) is 6.04 Å². The minimum Gasteiger partial charge on any atom is -0.480 e. The molecule has 0 unspecified atom stereocenters. The van der Waals surface area contributed by atoms with Crippen LogP contribution in [-0.4, -0.2) is 37.9 Å². The highest BCUT2D eigenvalue weighted by molar-refractivity contribution is 5.73. The first-order valence-electron chi connectivity index (χ1n) is 6.54. The van der Waals surface area contributed by atoms with Crippen LogP contribution in [0.5, 0.6) is 0 Å². The lowest BCUT2D eigenvalue weighted by Gasteiger charge is -2.19. The van der Waals surface area contributed by atoms with Gasteiger partial charge in [-0.3, -0.25) is 9.69 Å². The third kappa shape index (κ3) is 2.33. The number of rotatable bonds is 3. The largest absolute Gasteiger partial charge is 0.480 e. The lowest BCUT2D eigenvalue weighted by Crippen LogP contribution is -2.35. The number of nitrogens with zero attached hydrogens (tertiary/aromatic N) is 3. The molecular formula is C14H17N3O2. The third-order valence-corrected chi connectivity index (χ3v) is 3.66. The number of carboxylic acid groups (broad SMARTS) is 1. The van der Waals surface area contributed by atoms with E-state index in [0.29, 0.717) is 6.54 Å². The summed E-state index contributed by atoms with van der Waals surface area (Å²) in [5.74, 6) is -0.725. The minimum atomic E-state index is -0.725. The molecule has 3 rings (SSSR count). The Kier molecular flexibility index (Phi) is 2.98. The topological polar surface area (TPSA) is 57.8 Å². The van der Waals surface area contributed by atoms with Crippen molar-refractivity contribution in [1.29, 1.82) is 0 Å². The van der Waals surface area contributed by atoms with Gasteiger partial charge in [-0.1, -0.05) is 6.07 Å². The third-order valence-electron chi connectivity index (χ3n) is 3.66. The van der Waals surface area contributed by atoms with Gasteiger partial charge in [-0.05, 0) is 37.9 Å². The molecule has 5 nitrogen and oxygen atoms in total. The normalized spacial score (nSPS) is 20.2. The van der Waals surface area contributed by atoms with Gasteiger partial charge < -0.3 is 9.51 Å². The summed E-state index contributed by atoms with van der Waals surface area (Å²) in [4.78, 5) is 17.7. The van der Waals surface area contributed by atoms with Crippen molar-refractivity contribution in [3.05, 3.63) is 35.8 Å². The van der Waals surface area contributed by atoms with Gasteiger partial charge in [0.1, 0.15) is 11.7 Å². The number of hydrogen-bond acceptors (Lipinski definition) is 3. The van der Waals surface area contributed by atoms with Crippen molar-refractivity contribution in [3.63, 3.8) is 0 Å². The number of carboxylic acids is 1. The van der Waals surface area contributed by atoms with E-state index in [4.69, 9.17) is 0 Å². The molecule has 0 aromatic carbocycles. The van der Waals surface area contributed by atoms with Gasteiger partial charge in [0.25, 0.3) is 0 Å². The molecule has 1 N–H and O–H groups in total. The quantitative estimate of drug-likeness (QED) is 0.911. The van der Waals surface area contributed by atoms with E-state index in [1.807, 2.05) is 40.8 Å². The summed E-state index contributed by atoms with van der Waals surface area (Å²) in [6, 6.07) is 3.66. The Balaban J connectivity index is 1.83. The van der Waals surface area contributed by atoms with E-state index in [2.05, 4.69) is 4.98 Å². The fraction of sp³-hybridized carbons (Fsp3) is 0.429. The first kappa shape index (κ1) is 12.2. The maximum absolute atomic E-state index is 11.2. The maximum atomic E-state index is 11.2. The smallest absolute Gasteiger partial charge is 0.320 e. The highest BCUT2D eigenvalue weighted by Gasteiger charge is 2.30. The summed E-state index contributed by atoms with van der Waals surface area (Å²) < 4.78 is 2.00. The summed E-state index contributed by atoms with van der Waals surface area (Å²) >= 11 is 0. The highest BCUT2D eigenvalue weighted by Crippen LogP contribution is 2.20. The lowest BCUT2D eigenvalue weighted by molar-refractivity contribution is -0.142. The fourth-order valence-electron chi connectivity index (χ4n) is 2.73. The average Bonchev–Trinajstić information content (AvgIpc) is 2.95. The zero-order valence-corrected chi connectivity index (χ0v) is 10.9. The molecule has 1 aliphatic heterocycles. The predicted octanol–water partition coefficient (Wildman–Crippen LogP) is 1.69. The Morgan fingerprint density at radius 3 is 3.11 bits per heavy atom. The maximum Gasteiger partial charge on any atom is 0.320 e. The van der Waals surface area contributed by atoms with E-state index in [1.165, 1.54) is 5.56 Å². The number of hydrogen-bond donors (Lipinski definition) is 1. The number of carbonyl (C=O) groups is 1. The Morgan fingerprint density at radius 2 is 2.32 bits per heavy atom. The predicted molar refractivity (Wildman–Crippen MR) is 71.0 cm³/mol. The zero-order valence-electron chi connectivity index (χ0n) is 10.9. The van der Waals surface area contributed by atoms with Crippen LogP contribution in [0, 0.1) is 6.92 Å². The number of aromatic nitrogens is 2. The zero-order chi connectivity index (χ0) is 13.4. The van der Waals surface area contributed by atoms with Crippen molar-refractivity contribution in [2.24, 2.45) is 0 Å². The molecule has 1 atom stereocenters. The van der Waals surface area contributed by atoms with Gasteiger partial charge in [0, 0.05) is 18.9 Å². The Labute approximate surface area is 111 Å². The van der Waals surface area contributed by atoms with Crippen molar-refractivity contribution < 1.29 is 9.90 Å². The second kappa shape index (κ2) is 4.66. The molecule has 1 saturated heterocycles. The highest BCUT2D eigenvalue weighted by atomic mass is 16.4. The molecule has 1 aliphatic rings. The molecule has 0 bridgehead atoms. The molecule has 19 heavy (non-hydrogen) atoms. The Bertz CT molecular complexity index is 620. The number of fused-ring (bicyclic) bond motifs is 1. The van der Waals surface area contributed by atoms with Gasteiger partial charge in [0.15, 0.2) is 0 Å². The van der Waals surface area contributed by atoms with Crippen LogP contribution >= 0.6 is 0 Å². The van der Waals surface area contributed by atoms with Gasteiger partial charge >= 0.3 is 5.97 Å². The van der Waals surface area contributed by atoms with E-state index >= 15 is 0 Å². The van der Waals surface area contributed by atoms with Crippen LogP contribution in [0.1, 0.15) is 24.1 Å².